The Hall–Kier alpha value is -0.770. The van der Waals surface area contributed by atoms with Crippen LogP contribution in [0.5, 0.6) is 5.75 Å². The Bertz CT molecular complexity index is 357. The highest BCUT2D eigenvalue weighted by Crippen LogP contribution is 2.19. The standard InChI is InChI=1S/C13H21ClN2O/c1-13(10-15,16(2)3)7-8-17-12-6-4-5-11(14)9-12/h4-6,9H,7-8,10,15H2,1-3H3. The summed E-state index contributed by atoms with van der Waals surface area (Å²) in [6.07, 6.45) is 0.878. The fourth-order valence-electron chi connectivity index (χ4n) is 1.45. The van der Waals surface area contributed by atoms with Crippen molar-refractivity contribution in [3.63, 3.8) is 0 Å². The van der Waals surface area contributed by atoms with Gasteiger partial charge in [0, 0.05) is 23.5 Å². The number of nitrogens with zero attached hydrogens (tertiary/aromatic N) is 1. The molecule has 0 radical (unpaired) electrons. The third kappa shape index (κ3) is 4.19. The summed E-state index contributed by atoms with van der Waals surface area (Å²) in [7, 11) is 4.07. The van der Waals surface area contributed by atoms with Crippen LogP contribution in [0.25, 0.3) is 0 Å². The summed E-state index contributed by atoms with van der Waals surface area (Å²) in [4.78, 5) is 2.13. The first-order valence-electron chi connectivity index (χ1n) is 5.74. The largest absolute Gasteiger partial charge is 0.493 e. The van der Waals surface area contributed by atoms with Crippen LogP contribution >= 0.6 is 11.6 Å². The molecule has 17 heavy (non-hydrogen) atoms. The second-order valence-corrected chi connectivity index (χ2v) is 5.09. The van der Waals surface area contributed by atoms with Crippen molar-refractivity contribution in [3.8, 4) is 5.75 Å². The summed E-state index contributed by atoms with van der Waals surface area (Å²) in [6.45, 7) is 3.37. The Balaban J connectivity index is 2.47. The topological polar surface area (TPSA) is 38.5 Å². The minimum absolute atomic E-state index is 0.0292. The molecule has 4 heteroatoms. The molecule has 0 spiro atoms. The fourth-order valence-corrected chi connectivity index (χ4v) is 1.63. The number of nitrogens with two attached hydrogens (primary N) is 1. The Kier molecular flexibility index (Phi) is 5.25. The molecular formula is C13H21ClN2O. The predicted molar refractivity (Wildman–Crippen MR) is 72.7 cm³/mol. The monoisotopic (exact) mass is 256 g/mol. The Morgan fingerprint density at radius 3 is 2.65 bits per heavy atom. The molecule has 1 aromatic rings. The van der Waals surface area contributed by atoms with Crippen molar-refractivity contribution < 1.29 is 4.74 Å². The molecule has 0 fully saturated rings. The number of hydrogen-bond donors (Lipinski definition) is 1. The van der Waals surface area contributed by atoms with Gasteiger partial charge in [0.2, 0.25) is 0 Å². The van der Waals surface area contributed by atoms with E-state index in [2.05, 4.69) is 11.8 Å². The minimum atomic E-state index is -0.0292. The molecule has 0 aliphatic rings. The minimum Gasteiger partial charge on any atom is -0.493 e. The molecule has 2 N–H and O–H groups in total. The third-order valence-corrected chi connectivity index (χ3v) is 3.46. The maximum absolute atomic E-state index is 5.88. The van der Waals surface area contributed by atoms with Gasteiger partial charge in [0.05, 0.1) is 6.61 Å². The predicted octanol–water partition coefficient (Wildman–Crippen LogP) is 2.39. The van der Waals surface area contributed by atoms with Crippen molar-refractivity contribution in [2.45, 2.75) is 18.9 Å². The molecule has 0 saturated carbocycles. The quantitative estimate of drug-likeness (QED) is 0.849. The molecule has 1 unspecified atom stereocenters. The smallest absolute Gasteiger partial charge is 0.120 e. The molecular weight excluding hydrogens is 236 g/mol. The molecule has 3 nitrogen and oxygen atoms in total. The lowest BCUT2D eigenvalue weighted by molar-refractivity contribution is 0.139. The van der Waals surface area contributed by atoms with Crippen LogP contribution in [0.4, 0.5) is 0 Å². The van der Waals surface area contributed by atoms with Gasteiger partial charge in [-0.3, -0.25) is 0 Å². The number of rotatable bonds is 6. The van der Waals surface area contributed by atoms with Crippen molar-refractivity contribution in [1.29, 1.82) is 0 Å². The summed E-state index contributed by atoms with van der Waals surface area (Å²) in [5, 5.41) is 0.691. The number of hydrogen-bond acceptors (Lipinski definition) is 3. The molecule has 0 amide bonds. The van der Waals surface area contributed by atoms with Gasteiger partial charge in [-0.05, 0) is 39.2 Å². The van der Waals surface area contributed by atoms with Gasteiger partial charge in [0.15, 0.2) is 0 Å². The molecule has 0 aliphatic carbocycles. The van der Waals surface area contributed by atoms with E-state index >= 15 is 0 Å². The maximum Gasteiger partial charge on any atom is 0.120 e. The van der Waals surface area contributed by atoms with E-state index in [1.165, 1.54) is 0 Å². The highest BCUT2D eigenvalue weighted by atomic mass is 35.5. The van der Waals surface area contributed by atoms with Gasteiger partial charge in [0.25, 0.3) is 0 Å². The first-order chi connectivity index (χ1) is 7.98. The van der Waals surface area contributed by atoms with Crippen molar-refractivity contribution in [1.82, 2.24) is 4.90 Å². The Morgan fingerprint density at radius 2 is 2.12 bits per heavy atom. The van der Waals surface area contributed by atoms with E-state index in [9.17, 15) is 0 Å². The lowest BCUT2D eigenvalue weighted by Gasteiger charge is -2.35. The van der Waals surface area contributed by atoms with Crippen LogP contribution in [0.1, 0.15) is 13.3 Å². The van der Waals surface area contributed by atoms with E-state index in [0.717, 1.165) is 12.2 Å². The fraction of sp³-hybridized carbons (Fsp3) is 0.538. The maximum atomic E-state index is 5.88. The zero-order valence-electron chi connectivity index (χ0n) is 10.7. The number of halogens is 1. The first-order valence-corrected chi connectivity index (χ1v) is 6.11. The Morgan fingerprint density at radius 1 is 1.41 bits per heavy atom. The highest BCUT2D eigenvalue weighted by Gasteiger charge is 2.24. The number of ether oxygens (including phenoxy) is 1. The van der Waals surface area contributed by atoms with Crippen LogP contribution in [0.3, 0.4) is 0 Å². The van der Waals surface area contributed by atoms with E-state index in [1.807, 2.05) is 38.4 Å². The summed E-state index contributed by atoms with van der Waals surface area (Å²) in [5.74, 6) is 0.802. The van der Waals surface area contributed by atoms with E-state index in [-0.39, 0.29) is 5.54 Å². The lowest BCUT2D eigenvalue weighted by atomic mass is 9.97. The first kappa shape index (κ1) is 14.3. The molecule has 1 aromatic carbocycles. The van der Waals surface area contributed by atoms with Crippen molar-refractivity contribution in [2.75, 3.05) is 27.2 Å². The highest BCUT2D eigenvalue weighted by molar-refractivity contribution is 6.30. The normalized spacial score (nSPS) is 14.7. The summed E-state index contributed by atoms with van der Waals surface area (Å²) < 4.78 is 5.67. The number of likely N-dealkylation sites (N-methyl/N-ethyl adjacent to an activating group) is 1. The molecule has 1 rings (SSSR count). The van der Waals surface area contributed by atoms with Crippen LogP contribution in [0.15, 0.2) is 24.3 Å². The third-order valence-electron chi connectivity index (χ3n) is 3.22. The van der Waals surface area contributed by atoms with Crippen LogP contribution in [-0.4, -0.2) is 37.7 Å². The molecule has 0 heterocycles. The lowest BCUT2D eigenvalue weighted by Crippen LogP contribution is -2.48. The van der Waals surface area contributed by atoms with Crippen LogP contribution in [0, 0.1) is 0 Å². The van der Waals surface area contributed by atoms with Gasteiger partial charge in [0.1, 0.15) is 5.75 Å². The zero-order chi connectivity index (χ0) is 12.9. The van der Waals surface area contributed by atoms with E-state index < -0.39 is 0 Å². The van der Waals surface area contributed by atoms with Crippen LogP contribution in [-0.2, 0) is 0 Å². The van der Waals surface area contributed by atoms with Crippen molar-refractivity contribution in [2.24, 2.45) is 5.73 Å². The number of benzene rings is 1. The van der Waals surface area contributed by atoms with Crippen molar-refractivity contribution >= 4 is 11.6 Å². The zero-order valence-corrected chi connectivity index (χ0v) is 11.5. The average Bonchev–Trinajstić information content (AvgIpc) is 2.28. The van der Waals surface area contributed by atoms with E-state index in [1.54, 1.807) is 0 Å². The second-order valence-electron chi connectivity index (χ2n) is 4.65. The second kappa shape index (κ2) is 6.24. The van der Waals surface area contributed by atoms with Gasteiger partial charge in [-0.25, -0.2) is 0 Å². The molecule has 0 aliphatic heterocycles. The average molecular weight is 257 g/mol. The molecule has 0 saturated heterocycles. The van der Waals surface area contributed by atoms with Gasteiger partial charge < -0.3 is 15.4 Å². The SMILES string of the molecule is CN(C)C(C)(CN)CCOc1cccc(Cl)c1. The van der Waals surface area contributed by atoms with Crippen LogP contribution in [0.2, 0.25) is 5.02 Å². The van der Waals surface area contributed by atoms with Crippen molar-refractivity contribution in [3.05, 3.63) is 29.3 Å². The summed E-state index contributed by atoms with van der Waals surface area (Å²) >= 11 is 5.88. The van der Waals surface area contributed by atoms with Gasteiger partial charge in [-0.1, -0.05) is 17.7 Å². The van der Waals surface area contributed by atoms with Gasteiger partial charge in [-0.15, -0.1) is 0 Å². The van der Waals surface area contributed by atoms with E-state index in [0.29, 0.717) is 18.2 Å². The Labute approximate surface area is 109 Å². The van der Waals surface area contributed by atoms with Crippen LogP contribution < -0.4 is 10.5 Å². The summed E-state index contributed by atoms with van der Waals surface area (Å²) in [5.41, 5.74) is 5.76. The van der Waals surface area contributed by atoms with Gasteiger partial charge >= 0.3 is 0 Å². The summed E-state index contributed by atoms with van der Waals surface area (Å²) in [6, 6.07) is 7.43. The molecule has 0 aromatic heterocycles. The van der Waals surface area contributed by atoms with Gasteiger partial charge in [-0.2, -0.15) is 0 Å². The molecule has 0 bridgehead atoms. The molecule has 96 valence electrons. The van der Waals surface area contributed by atoms with E-state index in [4.69, 9.17) is 22.1 Å². The molecule has 1 atom stereocenters.